The molecule has 2 aromatic rings. The largest absolute Gasteiger partial charge is 0.398 e. The van der Waals surface area contributed by atoms with Gasteiger partial charge in [0.05, 0.1) is 39.5 Å². The van der Waals surface area contributed by atoms with Crippen molar-refractivity contribution in [3.05, 3.63) is 58.2 Å². The third-order valence-corrected chi connectivity index (χ3v) is 7.09. The highest BCUT2D eigenvalue weighted by Gasteiger charge is 2.26. The second-order valence-electron chi connectivity index (χ2n) is 6.66. The van der Waals surface area contributed by atoms with Gasteiger partial charge in [-0.15, -0.1) is 0 Å². The minimum atomic E-state index is -3.74. The fourth-order valence-corrected chi connectivity index (χ4v) is 4.60. The molecular weight excluding hydrogens is 477 g/mol. The van der Waals surface area contributed by atoms with Crippen LogP contribution < -0.4 is 16.4 Å². The molecule has 168 valence electrons. The van der Waals surface area contributed by atoms with Gasteiger partial charge in [-0.05, 0) is 36.4 Å². The Morgan fingerprint density at radius 1 is 1.16 bits per heavy atom. The van der Waals surface area contributed by atoms with E-state index in [0.29, 0.717) is 24.6 Å². The number of nitrogen functional groups attached to an aromatic ring is 1. The summed E-state index contributed by atoms with van der Waals surface area (Å²) in [6.45, 7) is 1.14. The monoisotopic (exact) mass is 495 g/mol. The number of nitriles is 1. The van der Waals surface area contributed by atoms with E-state index in [9.17, 15) is 18.5 Å². The number of hydrogen-bond donors (Lipinski definition) is 3. The molecule has 1 aliphatic heterocycles. The van der Waals surface area contributed by atoms with Crippen LogP contribution in [0, 0.1) is 11.3 Å². The number of hydrogen-bond acceptors (Lipinski definition) is 7. The zero-order valence-electron chi connectivity index (χ0n) is 16.6. The molecule has 2 aromatic carbocycles. The first-order chi connectivity index (χ1) is 15.2. The van der Waals surface area contributed by atoms with Gasteiger partial charge in [-0.25, -0.2) is 8.42 Å². The molecule has 0 atom stereocenters. The number of rotatable bonds is 6. The standard InChI is InChI=1S/C20H19Cl2N5O4S/c21-16-3-2-15(32(29,30)27-5-7-31-8-6-27)10-19(16)25-12-13(11-23)20(28)26-14-1-4-18(24)17(22)9-14/h1-4,9-10,12,25H,5-8,24H2,(H,26,28)/b13-12-. The molecule has 32 heavy (non-hydrogen) atoms. The van der Waals surface area contributed by atoms with Crippen molar-refractivity contribution in [2.24, 2.45) is 0 Å². The predicted octanol–water partition coefficient (Wildman–Crippen LogP) is 3.05. The summed E-state index contributed by atoms with van der Waals surface area (Å²) in [5.74, 6) is -0.700. The zero-order valence-corrected chi connectivity index (χ0v) is 19.0. The van der Waals surface area contributed by atoms with Crippen molar-refractivity contribution in [3.63, 3.8) is 0 Å². The molecule has 0 saturated carbocycles. The summed E-state index contributed by atoms with van der Waals surface area (Å²) in [7, 11) is -3.74. The number of halogens is 2. The highest BCUT2D eigenvalue weighted by Crippen LogP contribution is 2.28. The van der Waals surface area contributed by atoms with Gasteiger partial charge >= 0.3 is 0 Å². The normalized spacial score (nSPS) is 15.1. The molecule has 0 bridgehead atoms. The molecular formula is C20H19Cl2N5O4S. The summed E-state index contributed by atoms with van der Waals surface area (Å²) in [4.78, 5) is 12.4. The first-order valence-electron chi connectivity index (χ1n) is 9.33. The maximum absolute atomic E-state index is 12.9. The number of amides is 1. The Balaban J connectivity index is 1.79. The average Bonchev–Trinajstić information content (AvgIpc) is 2.78. The van der Waals surface area contributed by atoms with Crippen molar-refractivity contribution in [3.8, 4) is 6.07 Å². The second-order valence-corrected chi connectivity index (χ2v) is 9.42. The van der Waals surface area contributed by atoms with Gasteiger partial charge in [-0.1, -0.05) is 23.2 Å². The lowest BCUT2D eigenvalue weighted by Crippen LogP contribution is -2.40. The first kappa shape index (κ1) is 23.8. The van der Waals surface area contributed by atoms with Crippen LogP contribution in [0.25, 0.3) is 0 Å². The molecule has 1 fully saturated rings. The van der Waals surface area contributed by atoms with Crippen LogP contribution in [0.3, 0.4) is 0 Å². The van der Waals surface area contributed by atoms with E-state index in [1.54, 1.807) is 12.1 Å². The number of carbonyl (C=O) groups is 1. The molecule has 1 amide bonds. The smallest absolute Gasteiger partial charge is 0.267 e. The summed E-state index contributed by atoms with van der Waals surface area (Å²) in [6, 6.07) is 10.5. The Hall–Kier alpha value is -2.81. The third kappa shape index (κ3) is 5.51. The summed E-state index contributed by atoms with van der Waals surface area (Å²) in [6.07, 6.45) is 1.14. The molecule has 0 aromatic heterocycles. The van der Waals surface area contributed by atoms with Crippen LogP contribution in [0.4, 0.5) is 17.1 Å². The zero-order chi connectivity index (χ0) is 23.3. The van der Waals surface area contributed by atoms with Crippen LogP contribution in [0.15, 0.2) is 53.1 Å². The third-order valence-electron chi connectivity index (χ3n) is 4.54. The first-order valence-corrected chi connectivity index (χ1v) is 11.5. The van der Waals surface area contributed by atoms with E-state index in [-0.39, 0.29) is 39.3 Å². The minimum Gasteiger partial charge on any atom is -0.398 e. The van der Waals surface area contributed by atoms with E-state index < -0.39 is 15.9 Å². The molecule has 0 radical (unpaired) electrons. The van der Waals surface area contributed by atoms with Gasteiger partial charge in [-0.2, -0.15) is 9.57 Å². The van der Waals surface area contributed by atoms with Crippen molar-refractivity contribution < 1.29 is 17.9 Å². The summed E-state index contributed by atoms with van der Waals surface area (Å²) >= 11 is 12.1. The topological polar surface area (TPSA) is 138 Å². The molecule has 1 aliphatic rings. The van der Waals surface area contributed by atoms with Crippen LogP contribution in [0.2, 0.25) is 10.0 Å². The van der Waals surface area contributed by atoms with Gasteiger partial charge in [0.2, 0.25) is 10.0 Å². The van der Waals surface area contributed by atoms with E-state index in [2.05, 4.69) is 10.6 Å². The molecule has 4 N–H and O–H groups in total. The summed E-state index contributed by atoms with van der Waals surface area (Å²) in [5.41, 5.74) is 6.30. The Morgan fingerprint density at radius 2 is 1.88 bits per heavy atom. The fourth-order valence-electron chi connectivity index (χ4n) is 2.81. The predicted molar refractivity (Wildman–Crippen MR) is 123 cm³/mol. The van der Waals surface area contributed by atoms with Crippen LogP contribution in [0.1, 0.15) is 0 Å². The molecule has 0 unspecified atom stereocenters. The van der Waals surface area contributed by atoms with Crippen LogP contribution in [0.5, 0.6) is 0 Å². The van der Waals surface area contributed by atoms with Gasteiger partial charge in [-0.3, -0.25) is 4.79 Å². The number of ether oxygens (including phenoxy) is 1. The Labute approximate surface area is 195 Å². The van der Waals surface area contributed by atoms with Crippen LogP contribution in [-0.4, -0.2) is 44.9 Å². The molecule has 1 heterocycles. The van der Waals surface area contributed by atoms with Crippen molar-refractivity contribution >= 4 is 56.2 Å². The number of nitrogens with two attached hydrogens (primary N) is 1. The minimum absolute atomic E-state index is 0.0270. The number of nitrogens with one attached hydrogen (secondary N) is 2. The maximum atomic E-state index is 12.9. The van der Waals surface area contributed by atoms with Crippen molar-refractivity contribution in [1.29, 1.82) is 5.26 Å². The molecule has 1 saturated heterocycles. The molecule has 12 heteroatoms. The highest BCUT2D eigenvalue weighted by atomic mass is 35.5. The van der Waals surface area contributed by atoms with Gasteiger partial charge in [0.1, 0.15) is 11.6 Å². The average molecular weight is 496 g/mol. The Bertz CT molecular complexity index is 1200. The van der Waals surface area contributed by atoms with Gasteiger partial charge in [0.15, 0.2) is 0 Å². The molecule has 3 rings (SSSR count). The van der Waals surface area contributed by atoms with E-state index in [1.165, 1.54) is 34.6 Å². The van der Waals surface area contributed by atoms with Gasteiger partial charge < -0.3 is 21.1 Å². The molecule has 0 aliphatic carbocycles. The number of nitrogens with zero attached hydrogens (tertiary/aromatic N) is 2. The maximum Gasteiger partial charge on any atom is 0.267 e. The fraction of sp³-hybridized carbons (Fsp3) is 0.200. The number of benzene rings is 2. The molecule has 9 nitrogen and oxygen atoms in total. The van der Waals surface area contributed by atoms with Crippen LogP contribution >= 0.6 is 23.2 Å². The quantitative estimate of drug-likeness (QED) is 0.318. The lowest BCUT2D eigenvalue weighted by atomic mass is 10.2. The van der Waals surface area contributed by atoms with E-state index in [4.69, 9.17) is 33.7 Å². The van der Waals surface area contributed by atoms with Crippen molar-refractivity contribution in [1.82, 2.24) is 4.31 Å². The number of morpholine rings is 1. The highest BCUT2D eigenvalue weighted by molar-refractivity contribution is 7.89. The summed E-state index contributed by atoms with van der Waals surface area (Å²) in [5, 5.41) is 15.1. The lowest BCUT2D eigenvalue weighted by Gasteiger charge is -2.26. The van der Waals surface area contributed by atoms with Crippen LogP contribution in [-0.2, 0) is 19.6 Å². The Morgan fingerprint density at radius 3 is 2.53 bits per heavy atom. The summed E-state index contributed by atoms with van der Waals surface area (Å²) < 4.78 is 32.2. The van der Waals surface area contributed by atoms with E-state index in [1.807, 2.05) is 0 Å². The van der Waals surface area contributed by atoms with Gasteiger partial charge in [0, 0.05) is 25.0 Å². The second kappa shape index (κ2) is 10.2. The van der Waals surface area contributed by atoms with Crippen molar-refractivity contribution in [2.75, 3.05) is 42.7 Å². The SMILES string of the molecule is N#C/C(=C/Nc1cc(S(=O)(=O)N2CCOCC2)ccc1Cl)C(=O)Nc1ccc(N)c(Cl)c1. The van der Waals surface area contributed by atoms with E-state index >= 15 is 0 Å². The van der Waals surface area contributed by atoms with E-state index in [0.717, 1.165) is 6.20 Å². The number of anilines is 3. The Kier molecular flexibility index (Phi) is 7.60. The lowest BCUT2D eigenvalue weighted by molar-refractivity contribution is -0.112. The number of carbonyl (C=O) groups excluding carboxylic acids is 1. The molecule has 0 spiro atoms. The number of sulfonamides is 1. The van der Waals surface area contributed by atoms with Crippen molar-refractivity contribution in [2.45, 2.75) is 4.90 Å². The van der Waals surface area contributed by atoms with Gasteiger partial charge in [0.25, 0.3) is 5.91 Å².